The highest BCUT2D eigenvalue weighted by molar-refractivity contribution is 5.87. The quantitative estimate of drug-likeness (QED) is 0.621. The summed E-state index contributed by atoms with van der Waals surface area (Å²) in [7, 11) is 0. The summed E-state index contributed by atoms with van der Waals surface area (Å²) >= 11 is 0. The molecule has 0 fully saturated rings. The van der Waals surface area contributed by atoms with E-state index < -0.39 is 24.6 Å². The van der Waals surface area contributed by atoms with Crippen LogP contribution in [-0.4, -0.2) is 45.0 Å². The maximum Gasteiger partial charge on any atom is 0.351 e. The molecule has 1 aromatic rings. The second-order valence-electron chi connectivity index (χ2n) is 4.17. The normalized spacial score (nSPS) is 13.8. The van der Waals surface area contributed by atoms with Gasteiger partial charge in [-0.15, -0.1) is 0 Å². The van der Waals surface area contributed by atoms with Crippen molar-refractivity contribution in [3.63, 3.8) is 0 Å². The summed E-state index contributed by atoms with van der Waals surface area (Å²) in [5.74, 6) is -0.208. The first-order valence-corrected chi connectivity index (χ1v) is 6.25. The maximum atomic E-state index is 11.8. The summed E-state index contributed by atoms with van der Waals surface area (Å²) in [6.07, 6.45) is 0.498. The number of aliphatic hydroxyl groups is 2. The van der Waals surface area contributed by atoms with Gasteiger partial charge in [-0.25, -0.2) is 4.79 Å². The molecule has 20 heavy (non-hydrogen) atoms. The van der Waals surface area contributed by atoms with Crippen LogP contribution in [0.5, 0.6) is 0 Å². The average molecular weight is 285 g/mol. The van der Waals surface area contributed by atoms with E-state index in [0.29, 0.717) is 6.42 Å². The molecule has 8 nitrogen and oxygen atoms in total. The topological polar surface area (TPSA) is 114 Å². The van der Waals surface area contributed by atoms with E-state index in [0.717, 1.165) is 4.57 Å². The van der Waals surface area contributed by atoms with Gasteiger partial charge in [0.15, 0.2) is 6.23 Å². The smallest absolute Gasteiger partial charge is 0.351 e. The number of anilines is 1. The molecule has 0 spiro atoms. The Morgan fingerprint density at radius 1 is 1.50 bits per heavy atom. The number of ether oxygens (including phenoxy) is 1. The number of carbonyl (C=O) groups is 1. The molecule has 0 aliphatic heterocycles. The molecule has 0 radical (unpaired) electrons. The van der Waals surface area contributed by atoms with Crippen molar-refractivity contribution in [1.29, 1.82) is 0 Å². The monoisotopic (exact) mass is 285 g/mol. The number of amides is 1. The molecule has 8 heteroatoms. The summed E-state index contributed by atoms with van der Waals surface area (Å²) in [5, 5.41) is 20.8. The van der Waals surface area contributed by atoms with Crippen LogP contribution in [0.3, 0.4) is 0 Å². The Morgan fingerprint density at radius 2 is 2.20 bits per heavy atom. The third kappa shape index (κ3) is 4.41. The molecule has 1 rings (SSSR count). The number of nitrogens with zero attached hydrogens (tertiary/aromatic N) is 2. The van der Waals surface area contributed by atoms with Gasteiger partial charge in [-0.05, 0) is 12.5 Å². The van der Waals surface area contributed by atoms with Gasteiger partial charge in [-0.1, -0.05) is 6.92 Å². The molecule has 0 aromatic carbocycles. The molecule has 3 N–H and O–H groups in total. The lowest BCUT2D eigenvalue weighted by molar-refractivity contribution is -0.114. The summed E-state index contributed by atoms with van der Waals surface area (Å²) in [6.45, 7) is 2.48. The molecule has 112 valence electrons. The number of hydrogen-bond donors (Lipinski definition) is 3. The van der Waals surface area contributed by atoms with Crippen molar-refractivity contribution in [3.05, 3.63) is 22.7 Å². The van der Waals surface area contributed by atoms with Crippen LogP contribution in [0.15, 0.2) is 17.1 Å². The summed E-state index contributed by atoms with van der Waals surface area (Å²) in [5.41, 5.74) is -0.664. The molecular formula is C12H19N3O5. The van der Waals surface area contributed by atoms with Crippen molar-refractivity contribution in [3.8, 4) is 0 Å². The Balaban J connectivity index is 2.93. The second kappa shape index (κ2) is 7.73. The van der Waals surface area contributed by atoms with Gasteiger partial charge in [0, 0.05) is 13.1 Å². The molecule has 1 amide bonds. The zero-order chi connectivity index (χ0) is 15.1. The number of nitrogens with one attached hydrogen (secondary N) is 1. The van der Waals surface area contributed by atoms with Gasteiger partial charge >= 0.3 is 5.69 Å². The largest absolute Gasteiger partial charge is 0.394 e. The molecule has 0 aliphatic rings. The zero-order valence-corrected chi connectivity index (χ0v) is 11.4. The van der Waals surface area contributed by atoms with Crippen LogP contribution in [0, 0.1) is 0 Å². The van der Waals surface area contributed by atoms with Gasteiger partial charge in [0.25, 0.3) is 0 Å². The average Bonchev–Trinajstić information content (AvgIpc) is 2.41. The van der Waals surface area contributed by atoms with Crippen LogP contribution in [0.2, 0.25) is 0 Å². The molecule has 0 aliphatic carbocycles. The number of carbonyl (C=O) groups excluding carboxylic acids is 1. The Hall–Kier alpha value is -1.77. The van der Waals surface area contributed by atoms with Crippen molar-refractivity contribution in [1.82, 2.24) is 9.55 Å². The van der Waals surface area contributed by atoms with Gasteiger partial charge in [0.2, 0.25) is 5.91 Å². The predicted molar refractivity (Wildman–Crippen MR) is 71.2 cm³/mol. The van der Waals surface area contributed by atoms with Crippen molar-refractivity contribution < 1.29 is 19.7 Å². The Morgan fingerprint density at radius 3 is 2.65 bits per heavy atom. The third-order valence-electron chi connectivity index (χ3n) is 2.61. The number of aromatic nitrogens is 2. The van der Waals surface area contributed by atoms with Crippen LogP contribution in [0.4, 0.5) is 5.82 Å². The Bertz CT molecular complexity index is 498. The molecule has 1 aromatic heterocycles. The SMILES string of the molecule is CC[C@@H](CO)O[C@@H](CO)n1ccc(NC(C)=O)nc1=O. The minimum Gasteiger partial charge on any atom is -0.394 e. The van der Waals surface area contributed by atoms with Gasteiger partial charge in [-0.2, -0.15) is 4.98 Å². The maximum absolute atomic E-state index is 11.8. The number of hydrogen-bond acceptors (Lipinski definition) is 6. The number of rotatable bonds is 7. The zero-order valence-electron chi connectivity index (χ0n) is 11.4. The van der Waals surface area contributed by atoms with Crippen LogP contribution in [0.25, 0.3) is 0 Å². The lowest BCUT2D eigenvalue weighted by Gasteiger charge is -2.22. The summed E-state index contributed by atoms with van der Waals surface area (Å²) in [6, 6.07) is 1.43. The third-order valence-corrected chi connectivity index (χ3v) is 2.61. The summed E-state index contributed by atoms with van der Waals surface area (Å²) in [4.78, 5) is 26.4. The molecule has 1 heterocycles. The van der Waals surface area contributed by atoms with E-state index in [1.54, 1.807) is 0 Å². The first kappa shape index (κ1) is 16.3. The van der Waals surface area contributed by atoms with Crippen LogP contribution >= 0.6 is 0 Å². The molecule has 0 saturated carbocycles. The predicted octanol–water partition coefficient (Wildman–Crippen LogP) is -0.520. The second-order valence-corrected chi connectivity index (χ2v) is 4.17. The first-order chi connectivity index (χ1) is 9.51. The van der Waals surface area contributed by atoms with Crippen LogP contribution < -0.4 is 11.0 Å². The highest BCUT2D eigenvalue weighted by atomic mass is 16.5. The Kier molecular flexibility index (Phi) is 6.29. The van der Waals surface area contributed by atoms with Gasteiger partial charge in [0.05, 0.1) is 19.3 Å². The van der Waals surface area contributed by atoms with E-state index in [1.165, 1.54) is 19.2 Å². The fourth-order valence-electron chi connectivity index (χ4n) is 1.57. The standard InChI is InChI=1S/C12H19N3O5/c1-3-9(6-16)20-11(7-17)15-5-4-10(13-8(2)18)14-12(15)19/h4-5,9,11,16-17H,3,6-7H2,1-2H3,(H,13,14,18,19)/t9-,11-/m0/s1. The Labute approximate surface area is 116 Å². The lowest BCUT2D eigenvalue weighted by Crippen LogP contribution is -2.34. The van der Waals surface area contributed by atoms with Crippen molar-refractivity contribution in [2.24, 2.45) is 0 Å². The van der Waals surface area contributed by atoms with E-state index in [2.05, 4.69) is 10.3 Å². The van der Waals surface area contributed by atoms with Crippen LogP contribution in [-0.2, 0) is 9.53 Å². The summed E-state index contributed by atoms with van der Waals surface area (Å²) < 4.78 is 6.52. The van der Waals surface area contributed by atoms with E-state index in [9.17, 15) is 14.7 Å². The highest BCUT2D eigenvalue weighted by Gasteiger charge is 2.17. The first-order valence-electron chi connectivity index (χ1n) is 6.25. The van der Waals surface area contributed by atoms with E-state index >= 15 is 0 Å². The molecule has 2 atom stereocenters. The number of aliphatic hydroxyl groups excluding tert-OH is 2. The van der Waals surface area contributed by atoms with Gasteiger partial charge < -0.3 is 20.3 Å². The fraction of sp³-hybridized carbons (Fsp3) is 0.583. The molecular weight excluding hydrogens is 266 g/mol. The van der Waals surface area contributed by atoms with E-state index in [1.807, 2.05) is 6.92 Å². The van der Waals surface area contributed by atoms with Gasteiger partial charge in [0.1, 0.15) is 5.82 Å². The van der Waals surface area contributed by atoms with E-state index in [-0.39, 0.29) is 18.3 Å². The molecule has 0 bridgehead atoms. The minimum atomic E-state index is -0.932. The van der Waals surface area contributed by atoms with E-state index in [4.69, 9.17) is 9.84 Å². The van der Waals surface area contributed by atoms with Crippen LogP contribution in [0.1, 0.15) is 26.5 Å². The fourth-order valence-corrected chi connectivity index (χ4v) is 1.57. The van der Waals surface area contributed by atoms with Crippen molar-refractivity contribution >= 4 is 11.7 Å². The van der Waals surface area contributed by atoms with Crippen molar-refractivity contribution in [2.75, 3.05) is 18.5 Å². The molecule has 0 unspecified atom stereocenters. The highest BCUT2D eigenvalue weighted by Crippen LogP contribution is 2.11. The van der Waals surface area contributed by atoms with Crippen molar-refractivity contribution in [2.45, 2.75) is 32.6 Å². The van der Waals surface area contributed by atoms with Gasteiger partial charge in [-0.3, -0.25) is 9.36 Å². The minimum absolute atomic E-state index is 0.129. The molecule has 0 saturated heterocycles. The lowest BCUT2D eigenvalue weighted by atomic mass is 10.3.